The van der Waals surface area contributed by atoms with Gasteiger partial charge < -0.3 is 9.84 Å². The van der Waals surface area contributed by atoms with E-state index in [4.69, 9.17) is 4.52 Å². The smallest absolute Gasteiger partial charge is 0.231 e. The van der Waals surface area contributed by atoms with Crippen LogP contribution in [0.5, 0.6) is 0 Å². The number of hydrogen-bond donors (Lipinski definition) is 1. The average molecular weight is 288 g/mol. The number of aromatic nitrogens is 3. The summed E-state index contributed by atoms with van der Waals surface area (Å²) in [6.07, 6.45) is 4.24. The first kappa shape index (κ1) is 15.6. The van der Waals surface area contributed by atoms with Gasteiger partial charge in [-0.2, -0.15) is 4.98 Å². The number of nitrogens with zero attached hydrogens (tertiary/aromatic N) is 3. The van der Waals surface area contributed by atoms with Crippen LogP contribution in [0.2, 0.25) is 0 Å². The third-order valence-electron chi connectivity index (χ3n) is 3.64. The summed E-state index contributed by atoms with van der Waals surface area (Å²) < 4.78 is 5.51. The average Bonchev–Trinajstić information content (AvgIpc) is 2.88. The number of hydrogen-bond acceptors (Lipinski definition) is 5. The lowest BCUT2D eigenvalue weighted by Crippen LogP contribution is -2.34. The second kappa shape index (κ2) is 7.31. The molecule has 0 radical (unpaired) electrons. The highest BCUT2D eigenvalue weighted by atomic mass is 16.5. The van der Waals surface area contributed by atoms with Gasteiger partial charge in [-0.25, -0.2) is 0 Å². The summed E-state index contributed by atoms with van der Waals surface area (Å²) in [5, 5.41) is 7.56. The van der Waals surface area contributed by atoms with E-state index in [2.05, 4.69) is 48.1 Å². The maximum absolute atomic E-state index is 5.51. The van der Waals surface area contributed by atoms with Gasteiger partial charge in [-0.3, -0.25) is 4.98 Å². The summed E-state index contributed by atoms with van der Waals surface area (Å²) in [6, 6.07) is 4.24. The Morgan fingerprint density at radius 3 is 2.71 bits per heavy atom. The second-order valence-electron chi connectivity index (χ2n) is 5.70. The zero-order valence-electron chi connectivity index (χ0n) is 13.2. The predicted octanol–water partition coefficient (Wildman–Crippen LogP) is 2.79. The Hall–Kier alpha value is -1.75. The molecule has 2 atom stereocenters. The number of pyridine rings is 1. The van der Waals surface area contributed by atoms with Gasteiger partial charge in [-0.05, 0) is 31.0 Å². The zero-order chi connectivity index (χ0) is 15.2. The van der Waals surface area contributed by atoms with E-state index < -0.39 is 0 Å². The lowest BCUT2D eigenvalue weighted by molar-refractivity contribution is 0.280. The monoisotopic (exact) mass is 288 g/mol. The lowest BCUT2D eigenvalue weighted by atomic mass is 9.89. The van der Waals surface area contributed by atoms with Crippen LogP contribution in [0.4, 0.5) is 0 Å². The van der Waals surface area contributed by atoms with Crippen LogP contribution < -0.4 is 5.32 Å². The molecule has 5 nitrogen and oxygen atoms in total. The van der Waals surface area contributed by atoms with Crippen molar-refractivity contribution in [1.29, 1.82) is 0 Å². The minimum absolute atomic E-state index is 0.222. The predicted molar refractivity (Wildman–Crippen MR) is 82.1 cm³/mol. The van der Waals surface area contributed by atoms with E-state index in [0.717, 1.165) is 18.0 Å². The first-order valence-electron chi connectivity index (χ1n) is 7.56. The van der Waals surface area contributed by atoms with Gasteiger partial charge in [0, 0.05) is 24.9 Å². The molecule has 0 aliphatic carbocycles. The summed E-state index contributed by atoms with van der Waals surface area (Å²) in [5.74, 6) is 2.09. The molecule has 0 fully saturated rings. The molecule has 2 aromatic heterocycles. The maximum Gasteiger partial charge on any atom is 0.231 e. The van der Waals surface area contributed by atoms with Gasteiger partial charge in [0.1, 0.15) is 0 Å². The van der Waals surface area contributed by atoms with E-state index in [1.54, 1.807) is 6.20 Å². The highest BCUT2D eigenvalue weighted by molar-refractivity contribution is 5.14. The molecule has 114 valence electrons. The van der Waals surface area contributed by atoms with Crippen LogP contribution in [0.25, 0.3) is 0 Å². The van der Waals surface area contributed by atoms with Gasteiger partial charge in [-0.1, -0.05) is 32.0 Å². The molecule has 0 aromatic carbocycles. The molecule has 2 aromatic rings. The fourth-order valence-corrected chi connectivity index (χ4v) is 2.69. The van der Waals surface area contributed by atoms with Crippen LogP contribution >= 0.6 is 0 Å². The molecular weight excluding hydrogens is 264 g/mol. The van der Waals surface area contributed by atoms with Crippen molar-refractivity contribution in [1.82, 2.24) is 20.4 Å². The fourth-order valence-electron chi connectivity index (χ4n) is 2.69. The van der Waals surface area contributed by atoms with Gasteiger partial charge >= 0.3 is 0 Å². The molecule has 1 N–H and O–H groups in total. The van der Waals surface area contributed by atoms with Crippen LogP contribution in [-0.2, 0) is 6.42 Å². The third kappa shape index (κ3) is 4.11. The van der Waals surface area contributed by atoms with Crippen molar-refractivity contribution >= 4 is 0 Å². The van der Waals surface area contributed by atoms with Gasteiger partial charge in [0.15, 0.2) is 5.82 Å². The van der Waals surface area contributed by atoms with Gasteiger partial charge in [0.2, 0.25) is 5.89 Å². The molecular formula is C16H24N4O. The summed E-state index contributed by atoms with van der Waals surface area (Å²) >= 11 is 0. The Labute approximate surface area is 126 Å². The molecule has 0 aliphatic heterocycles. The quantitative estimate of drug-likeness (QED) is 0.848. The Bertz CT molecular complexity index is 538. The molecule has 2 heterocycles. The summed E-state index contributed by atoms with van der Waals surface area (Å²) in [5.41, 5.74) is 1.09. The normalized spacial score (nSPS) is 14.3. The van der Waals surface area contributed by atoms with Crippen molar-refractivity contribution in [3.63, 3.8) is 0 Å². The van der Waals surface area contributed by atoms with E-state index in [9.17, 15) is 0 Å². The summed E-state index contributed by atoms with van der Waals surface area (Å²) in [4.78, 5) is 8.69. The lowest BCUT2D eigenvalue weighted by Gasteiger charge is -2.24. The van der Waals surface area contributed by atoms with E-state index in [1.165, 1.54) is 0 Å². The maximum atomic E-state index is 5.51. The molecule has 0 spiro atoms. The SMILES string of the molecule is CCNC(C)C(c1nc(Cc2cccnc2)no1)C(C)C. The van der Waals surface area contributed by atoms with Crippen LogP contribution in [0.3, 0.4) is 0 Å². The first-order chi connectivity index (χ1) is 10.1. The molecule has 21 heavy (non-hydrogen) atoms. The fraction of sp³-hybridized carbons (Fsp3) is 0.562. The first-order valence-corrected chi connectivity index (χ1v) is 7.56. The molecule has 2 unspecified atom stereocenters. The highest BCUT2D eigenvalue weighted by Crippen LogP contribution is 2.27. The number of likely N-dealkylation sites (N-methyl/N-ethyl adjacent to an activating group) is 1. The number of nitrogens with one attached hydrogen (secondary N) is 1. The summed E-state index contributed by atoms with van der Waals surface area (Å²) in [7, 11) is 0. The second-order valence-corrected chi connectivity index (χ2v) is 5.70. The summed E-state index contributed by atoms with van der Waals surface area (Å²) in [6.45, 7) is 9.57. The number of rotatable bonds is 7. The zero-order valence-corrected chi connectivity index (χ0v) is 13.2. The van der Waals surface area contributed by atoms with Crippen LogP contribution in [0.1, 0.15) is 50.9 Å². The molecule has 0 saturated carbocycles. The Balaban J connectivity index is 2.13. The molecule has 0 bridgehead atoms. The van der Waals surface area contributed by atoms with E-state index in [0.29, 0.717) is 24.2 Å². The topological polar surface area (TPSA) is 63.8 Å². The van der Waals surface area contributed by atoms with E-state index in [-0.39, 0.29) is 5.92 Å². The minimum atomic E-state index is 0.222. The van der Waals surface area contributed by atoms with Gasteiger partial charge in [0.25, 0.3) is 0 Å². The Morgan fingerprint density at radius 1 is 1.29 bits per heavy atom. The third-order valence-corrected chi connectivity index (χ3v) is 3.64. The van der Waals surface area contributed by atoms with Crippen molar-refractivity contribution in [2.24, 2.45) is 5.92 Å². The Morgan fingerprint density at radius 2 is 2.10 bits per heavy atom. The Kier molecular flexibility index (Phi) is 5.44. The van der Waals surface area contributed by atoms with Gasteiger partial charge in [-0.15, -0.1) is 0 Å². The van der Waals surface area contributed by atoms with Crippen molar-refractivity contribution in [3.8, 4) is 0 Å². The molecule has 5 heteroatoms. The standard InChI is InChI=1S/C16H24N4O/c1-5-18-12(4)15(11(2)3)16-19-14(20-21-16)9-13-7-6-8-17-10-13/h6-8,10-12,15,18H,5,9H2,1-4H3. The van der Waals surface area contributed by atoms with Crippen LogP contribution in [0, 0.1) is 5.92 Å². The highest BCUT2D eigenvalue weighted by Gasteiger charge is 2.27. The van der Waals surface area contributed by atoms with Crippen LogP contribution in [0.15, 0.2) is 29.0 Å². The molecule has 0 saturated heterocycles. The van der Waals surface area contributed by atoms with Crippen LogP contribution in [-0.4, -0.2) is 27.7 Å². The van der Waals surface area contributed by atoms with Gasteiger partial charge in [0.05, 0.1) is 5.92 Å². The van der Waals surface area contributed by atoms with E-state index >= 15 is 0 Å². The molecule has 0 amide bonds. The van der Waals surface area contributed by atoms with Crippen molar-refractivity contribution in [2.45, 2.75) is 46.1 Å². The van der Waals surface area contributed by atoms with E-state index in [1.807, 2.05) is 18.3 Å². The largest absolute Gasteiger partial charge is 0.339 e. The molecule has 0 aliphatic rings. The van der Waals surface area contributed by atoms with Crippen molar-refractivity contribution < 1.29 is 4.52 Å². The molecule has 2 rings (SSSR count). The van der Waals surface area contributed by atoms with Crippen molar-refractivity contribution in [2.75, 3.05) is 6.54 Å². The minimum Gasteiger partial charge on any atom is -0.339 e. The van der Waals surface area contributed by atoms with Crippen molar-refractivity contribution in [3.05, 3.63) is 41.8 Å².